The lowest BCUT2D eigenvalue weighted by molar-refractivity contribution is -0.00526. The fourth-order valence-electron chi connectivity index (χ4n) is 19.5. The van der Waals surface area contributed by atoms with Crippen LogP contribution in [0.25, 0.3) is 91.8 Å². The van der Waals surface area contributed by atoms with Crippen LogP contribution in [0.5, 0.6) is 0 Å². The first-order chi connectivity index (χ1) is 37.4. The van der Waals surface area contributed by atoms with Crippen molar-refractivity contribution in [2.24, 2.45) is 35.5 Å². The Morgan fingerprint density at radius 3 is 1.62 bits per heavy atom. The number of hydrogen-bond donors (Lipinski definition) is 0. The topological polar surface area (TPSA) is 8.17 Å². The molecule has 0 spiro atoms. The largest absolute Gasteiger partial charge is 0.376 e. The summed E-state index contributed by atoms with van der Waals surface area (Å²) in [5, 5.41) is 8.31. The number of nitrogens with zero attached hydrogens (tertiary/aromatic N) is 2. The van der Waals surface area contributed by atoms with E-state index in [1.165, 1.54) is 191 Å². The van der Waals surface area contributed by atoms with Crippen LogP contribution in [0.2, 0.25) is 0 Å². The minimum absolute atomic E-state index is 0.0323. The van der Waals surface area contributed by atoms with Crippen LogP contribution in [0.4, 0.5) is 11.4 Å². The number of anilines is 2. The van der Waals surface area contributed by atoms with E-state index in [4.69, 9.17) is 0 Å². The zero-order chi connectivity index (χ0) is 49.2. The van der Waals surface area contributed by atoms with Gasteiger partial charge in [0.1, 0.15) is 0 Å². The van der Waals surface area contributed by atoms with Gasteiger partial charge in [-0.2, -0.15) is 0 Å². The number of hydrogen-bond acceptors (Lipinski definition) is 2. The fourth-order valence-corrected chi connectivity index (χ4v) is 20.7. The number of rotatable bonds is 5. The van der Waals surface area contributed by atoms with E-state index in [0.717, 1.165) is 35.5 Å². The molecular formula is C72H59BN2S. The Kier molecular flexibility index (Phi) is 8.33. The van der Waals surface area contributed by atoms with Crippen molar-refractivity contribution in [1.82, 2.24) is 4.57 Å². The number of benzene rings is 9. The Morgan fingerprint density at radius 2 is 0.961 bits per heavy atom. The average Bonchev–Trinajstić information content (AvgIpc) is 4.09. The Bertz CT molecular complexity index is 4240. The summed E-state index contributed by atoms with van der Waals surface area (Å²) in [6, 6.07) is 69.8. The summed E-state index contributed by atoms with van der Waals surface area (Å²) in [5.74, 6) is 5.33. The maximum Gasteiger partial charge on any atom is 0.333 e. The standard InChI is InChI=1S/C72H59BN2S/c1-3-9-48(10-4-1)50-15-18-56(19-16-50)75-65-35-68-60(59-27-51-13-7-8-14-52(51)30-67(59)76-68)34-58(65)61-28-53(49-11-5-2-6-12-49)29-66-69(61)73(75)63-33-55(72-39-45-24-46(40-72)26-47(25-45)41-72)32-62-57-31-54(17-20-64(57)74(66)70(62)63)71-36-42-21-43(37-71)23-44(22-42)38-71/h1-20,27-35,42-47H,21-26,36-41H2. The molecule has 76 heavy (non-hydrogen) atoms. The van der Waals surface area contributed by atoms with E-state index >= 15 is 0 Å². The zero-order valence-corrected chi connectivity index (χ0v) is 43.9. The van der Waals surface area contributed by atoms with Gasteiger partial charge in [0.05, 0.1) is 11.0 Å². The molecule has 0 radical (unpaired) electrons. The molecule has 21 rings (SSSR count). The van der Waals surface area contributed by atoms with Crippen LogP contribution >= 0.6 is 11.3 Å². The summed E-state index contributed by atoms with van der Waals surface area (Å²) in [4.78, 5) is 2.82. The molecule has 9 aromatic carbocycles. The van der Waals surface area contributed by atoms with Crippen molar-refractivity contribution in [2.45, 2.75) is 87.9 Å². The van der Waals surface area contributed by atoms with Gasteiger partial charge in [0, 0.05) is 53.6 Å². The first-order valence-corrected chi connectivity index (χ1v) is 30.0. The van der Waals surface area contributed by atoms with Gasteiger partial charge in [-0.25, -0.2) is 0 Å². The van der Waals surface area contributed by atoms with E-state index in [9.17, 15) is 0 Å². The molecule has 8 saturated carbocycles. The van der Waals surface area contributed by atoms with Gasteiger partial charge in [0.2, 0.25) is 0 Å². The van der Waals surface area contributed by atoms with Gasteiger partial charge in [-0.15, -0.1) is 11.3 Å². The third kappa shape index (κ3) is 5.79. The van der Waals surface area contributed by atoms with E-state index in [0.29, 0.717) is 5.41 Å². The summed E-state index contributed by atoms with van der Waals surface area (Å²) >= 11 is 1.96. The maximum absolute atomic E-state index is 2.83. The van der Waals surface area contributed by atoms with Crippen molar-refractivity contribution in [3.8, 4) is 39.1 Å². The molecular weight excluding hydrogens is 936 g/mol. The summed E-state index contributed by atoms with van der Waals surface area (Å²) < 4.78 is 5.50. The number of aromatic nitrogens is 1. The predicted molar refractivity (Wildman–Crippen MR) is 321 cm³/mol. The first-order valence-electron chi connectivity index (χ1n) is 29.2. The highest BCUT2D eigenvalue weighted by Gasteiger charge is 2.54. The molecule has 4 heteroatoms. The molecule has 0 saturated heterocycles. The van der Waals surface area contributed by atoms with E-state index in [1.807, 2.05) is 11.3 Å². The Morgan fingerprint density at radius 1 is 0.408 bits per heavy atom. The molecule has 10 aliphatic rings. The first kappa shape index (κ1) is 42.3. The van der Waals surface area contributed by atoms with Crippen molar-refractivity contribution < 1.29 is 0 Å². The second kappa shape index (κ2) is 15.0. The van der Waals surface area contributed by atoms with Crippen molar-refractivity contribution in [3.63, 3.8) is 0 Å². The summed E-state index contributed by atoms with van der Waals surface area (Å²) in [6.45, 7) is -0.0323. The smallest absolute Gasteiger partial charge is 0.333 e. The lowest BCUT2D eigenvalue weighted by Crippen LogP contribution is -2.61. The second-order valence-electron chi connectivity index (χ2n) is 26.1. The lowest BCUT2D eigenvalue weighted by Gasteiger charge is -2.57. The highest BCUT2D eigenvalue weighted by molar-refractivity contribution is 7.26. The SMILES string of the molecule is c1ccc(-c2ccc(N3B4c5c(cc(-c6ccccc6)cc5-n5c6ccc(C78CC9CC(CC(C9)C7)C8)cc6c6cc(C78CC9CC(CC(C9)C7)C8)cc4c65)-c4cc5c(cc43)sc3cc4ccccc4cc35)cc2)cc1. The number of fused-ring (bicyclic) bond motifs is 11. The molecule has 8 aliphatic carbocycles. The van der Waals surface area contributed by atoms with Crippen molar-refractivity contribution in [1.29, 1.82) is 0 Å². The van der Waals surface area contributed by atoms with Crippen LogP contribution in [0.1, 0.15) is 88.2 Å². The zero-order valence-electron chi connectivity index (χ0n) is 43.1. The highest BCUT2D eigenvalue weighted by atomic mass is 32.1. The van der Waals surface area contributed by atoms with Gasteiger partial charge in [-0.3, -0.25) is 0 Å². The fraction of sp³-hybridized carbons (Fsp3) is 0.278. The molecule has 0 unspecified atom stereocenters. The minimum Gasteiger partial charge on any atom is -0.376 e. The van der Waals surface area contributed by atoms with Crippen LogP contribution in [-0.4, -0.2) is 11.4 Å². The molecule has 11 aromatic rings. The van der Waals surface area contributed by atoms with Gasteiger partial charge in [0.25, 0.3) is 0 Å². The molecule has 8 bridgehead atoms. The van der Waals surface area contributed by atoms with E-state index in [2.05, 4.69) is 185 Å². The molecule has 366 valence electrons. The van der Waals surface area contributed by atoms with Crippen molar-refractivity contribution in [3.05, 3.63) is 187 Å². The van der Waals surface area contributed by atoms with Crippen LogP contribution in [0, 0.1) is 35.5 Å². The molecule has 2 nitrogen and oxygen atoms in total. The van der Waals surface area contributed by atoms with Gasteiger partial charge in [-0.05, 0) is 251 Å². The second-order valence-corrected chi connectivity index (χ2v) is 27.2. The third-order valence-corrected chi connectivity index (χ3v) is 22.9. The van der Waals surface area contributed by atoms with Gasteiger partial charge in [0.15, 0.2) is 0 Å². The predicted octanol–water partition coefficient (Wildman–Crippen LogP) is 17.8. The molecule has 0 N–H and O–H groups in total. The summed E-state index contributed by atoms with van der Waals surface area (Å²) in [7, 11) is 0. The summed E-state index contributed by atoms with van der Waals surface area (Å²) in [5.41, 5.74) is 21.3. The molecule has 0 amide bonds. The van der Waals surface area contributed by atoms with Crippen molar-refractivity contribution in [2.75, 3.05) is 4.81 Å². The molecule has 2 aliphatic heterocycles. The highest BCUT2D eigenvalue weighted by Crippen LogP contribution is 2.63. The molecule has 0 atom stereocenters. The average molecular weight is 995 g/mol. The van der Waals surface area contributed by atoms with Gasteiger partial charge in [-0.1, -0.05) is 109 Å². The van der Waals surface area contributed by atoms with Crippen LogP contribution in [0.15, 0.2) is 176 Å². The van der Waals surface area contributed by atoms with Gasteiger partial charge < -0.3 is 9.38 Å². The Hall–Kier alpha value is -6.88. The van der Waals surface area contributed by atoms with E-state index in [1.54, 1.807) is 11.1 Å². The minimum atomic E-state index is -0.0323. The lowest BCUT2D eigenvalue weighted by atomic mass is 9.42. The number of thiophene rings is 1. The van der Waals surface area contributed by atoms with E-state index in [-0.39, 0.29) is 12.3 Å². The molecule has 2 aromatic heterocycles. The quantitative estimate of drug-likeness (QED) is 0.156. The Balaban J connectivity index is 0.932. The molecule has 8 fully saturated rings. The molecule has 4 heterocycles. The third-order valence-electron chi connectivity index (χ3n) is 21.8. The Labute approximate surface area is 449 Å². The van der Waals surface area contributed by atoms with E-state index < -0.39 is 0 Å². The maximum atomic E-state index is 2.83. The van der Waals surface area contributed by atoms with Crippen LogP contribution < -0.4 is 15.7 Å². The normalized spacial score (nSPS) is 27.2. The van der Waals surface area contributed by atoms with Crippen LogP contribution in [0.3, 0.4) is 0 Å². The van der Waals surface area contributed by atoms with Crippen LogP contribution in [-0.2, 0) is 10.8 Å². The monoisotopic (exact) mass is 994 g/mol. The van der Waals surface area contributed by atoms with Crippen molar-refractivity contribution >= 4 is 93.2 Å². The summed E-state index contributed by atoms with van der Waals surface area (Å²) in [6.07, 6.45) is 17.0. The van der Waals surface area contributed by atoms with Gasteiger partial charge >= 0.3 is 6.85 Å².